The maximum absolute atomic E-state index is 10.8. The molecule has 2 aromatic carbocycles. The van der Waals surface area contributed by atoms with Gasteiger partial charge in [0.05, 0.1) is 0 Å². The van der Waals surface area contributed by atoms with Gasteiger partial charge >= 0.3 is 0 Å². The Morgan fingerprint density at radius 3 is 2.38 bits per heavy atom. The number of allylic oxidation sites excluding steroid dienone is 4. The first-order valence-electron chi connectivity index (χ1n) is 7.35. The molecular formula is C19H20OSi. The highest BCUT2D eigenvalue weighted by molar-refractivity contribution is 6.96. The van der Waals surface area contributed by atoms with Crippen molar-refractivity contribution in [3.8, 4) is 16.9 Å². The molecular weight excluding hydrogens is 272 g/mol. The van der Waals surface area contributed by atoms with Gasteiger partial charge in [-0.1, -0.05) is 85.0 Å². The van der Waals surface area contributed by atoms with E-state index >= 15 is 0 Å². The molecule has 0 saturated carbocycles. The van der Waals surface area contributed by atoms with Crippen molar-refractivity contribution in [2.45, 2.75) is 19.5 Å². The van der Waals surface area contributed by atoms with E-state index in [1.165, 1.54) is 5.20 Å². The van der Waals surface area contributed by atoms with Crippen molar-refractivity contribution in [2.24, 2.45) is 0 Å². The van der Waals surface area contributed by atoms with Gasteiger partial charge in [0.2, 0.25) is 0 Å². The van der Waals surface area contributed by atoms with E-state index in [0.29, 0.717) is 5.75 Å². The van der Waals surface area contributed by atoms with Crippen molar-refractivity contribution in [1.29, 1.82) is 0 Å². The molecule has 0 atom stereocenters. The van der Waals surface area contributed by atoms with Gasteiger partial charge in [-0.2, -0.15) is 0 Å². The van der Waals surface area contributed by atoms with E-state index in [9.17, 15) is 5.11 Å². The van der Waals surface area contributed by atoms with Gasteiger partial charge in [-0.25, -0.2) is 0 Å². The zero-order chi connectivity index (χ0) is 14.9. The molecule has 106 valence electrons. The van der Waals surface area contributed by atoms with E-state index in [1.807, 2.05) is 36.4 Å². The maximum Gasteiger partial charge on any atom is 0.123 e. The Kier molecular flexibility index (Phi) is 3.56. The van der Waals surface area contributed by atoms with Crippen LogP contribution in [0.2, 0.25) is 13.1 Å². The predicted octanol–water partition coefficient (Wildman–Crippen LogP) is 4.40. The molecule has 0 amide bonds. The molecule has 21 heavy (non-hydrogen) atoms. The van der Waals surface area contributed by atoms with Crippen LogP contribution in [0, 0.1) is 0 Å². The minimum atomic E-state index is -1.81. The average molecular weight is 292 g/mol. The number of para-hydroxylation sites is 1. The molecule has 2 aromatic rings. The molecule has 1 N–H and O–H groups in total. The largest absolute Gasteiger partial charge is 0.507 e. The van der Waals surface area contributed by atoms with Crippen molar-refractivity contribution in [3.63, 3.8) is 0 Å². The molecule has 0 unspecified atom stereocenters. The molecule has 2 heteroatoms. The highest BCUT2D eigenvalue weighted by atomic mass is 28.3. The molecule has 0 aromatic heterocycles. The number of rotatable bonds is 3. The van der Waals surface area contributed by atoms with Gasteiger partial charge in [0, 0.05) is 5.56 Å². The third kappa shape index (κ3) is 2.47. The molecule has 0 fully saturated rings. The molecule has 0 spiro atoms. The summed E-state index contributed by atoms with van der Waals surface area (Å²) in [6, 6.07) is 16.3. The fourth-order valence-corrected chi connectivity index (χ4v) is 5.71. The zero-order valence-corrected chi connectivity index (χ0v) is 13.5. The Labute approximate surface area is 127 Å². The fraction of sp³-hybridized carbons (Fsp3) is 0.158. The summed E-state index contributed by atoms with van der Waals surface area (Å²) in [5, 5.41) is 13.4. The van der Waals surface area contributed by atoms with Crippen LogP contribution in [0.15, 0.2) is 72.0 Å². The lowest BCUT2D eigenvalue weighted by atomic mass is 10.1. The van der Waals surface area contributed by atoms with Crippen molar-refractivity contribution in [2.75, 3.05) is 0 Å². The Morgan fingerprint density at radius 1 is 0.952 bits per heavy atom. The second-order valence-electron chi connectivity index (χ2n) is 6.02. The lowest BCUT2D eigenvalue weighted by molar-refractivity contribution is 0.481. The van der Waals surface area contributed by atoms with Crippen molar-refractivity contribution >= 4 is 13.3 Å². The molecule has 1 aliphatic rings. The Hall–Kier alpha value is -2.06. The maximum atomic E-state index is 10.8. The van der Waals surface area contributed by atoms with E-state index in [2.05, 4.69) is 43.5 Å². The van der Waals surface area contributed by atoms with Gasteiger partial charge in [0.1, 0.15) is 13.8 Å². The summed E-state index contributed by atoms with van der Waals surface area (Å²) in [7, 11) is -1.81. The second-order valence-corrected chi connectivity index (χ2v) is 10.4. The van der Waals surface area contributed by atoms with Gasteiger partial charge in [-0.3, -0.25) is 0 Å². The van der Waals surface area contributed by atoms with Crippen LogP contribution in [0.1, 0.15) is 6.42 Å². The van der Waals surface area contributed by atoms with Crippen LogP contribution in [-0.2, 0) is 0 Å². The zero-order valence-electron chi connectivity index (χ0n) is 12.5. The van der Waals surface area contributed by atoms with E-state index in [-0.39, 0.29) is 0 Å². The quantitative estimate of drug-likeness (QED) is 0.831. The molecule has 0 heterocycles. The summed E-state index contributed by atoms with van der Waals surface area (Å²) in [5.74, 6) is 0.452. The molecule has 0 saturated heterocycles. The molecule has 1 aliphatic carbocycles. The predicted molar refractivity (Wildman–Crippen MR) is 92.5 cm³/mol. The summed E-state index contributed by atoms with van der Waals surface area (Å²) in [5.41, 5.74) is 2.00. The molecule has 1 nitrogen and oxygen atoms in total. The Morgan fingerprint density at radius 2 is 1.71 bits per heavy atom. The standard InChI is InChI=1S/C19H20OSi/c1-21(2,16-11-6-7-12-16)18-14-8-13-17(19(18)20)15-9-4-3-5-10-15/h3-11,13-14,20H,12H2,1-2H3. The highest BCUT2D eigenvalue weighted by Gasteiger charge is 2.31. The smallest absolute Gasteiger partial charge is 0.123 e. The molecule has 3 rings (SSSR count). The van der Waals surface area contributed by atoms with Crippen molar-refractivity contribution in [1.82, 2.24) is 0 Å². The molecule has 0 bridgehead atoms. The summed E-state index contributed by atoms with van der Waals surface area (Å²) >= 11 is 0. The third-order valence-electron chi connectivity index (χ3n) is 4.37. The first-order chi connectivity index (χ1) is 10.1. The number of hydrogen-bond acceptors (Lipinski definition) is 1. The number of phenols is 1. The van der Waals surface area contributed by atoms with Crippen molar-refractivity contribution < 1.29 is 5.11 Å². The minimum absolute atomic E-state index is 0.452. The van der Waals surface area contributed by atoms with Gasteiger partial charge in [-0.15, -0.1) is 0 Å². The molecule has 0 radical (unpaired) electrons. The van der Waals surface area contributed by atoms with E-state index in [0.717, 1.165) is 22.7 Å². The van der Waals surface area contributed by atoms with Gasteiger partial charge < -0.3 is 5.11 Å². The third-order valence-corrected chi connectivity index (χ3v) is 8.09. The second kappa shape index (κ2) is 5.38. The number of benzene rings is 2. The first kappa shape index (κ1) is 13.9. The van der Waals surface area contributed by atoms with Gasteiger partial charge in [0.15, 0.2) is 0 Å². The summed E-state index contributed by atoms with van der Waals surface area (Å²) in [4.78, 5) is 0. The van der Waals surface area contributed by atoms with Crippen molar-refractivity contribution in [3.05, 3.63) is 72.0 Å². The first-order valence-corrected chi connectivity index (χ1v) is 10.3. The SMILES string of the molecule is C[Si](C)(C1=CC=CC1)c1cccc(-c2ccccc2)c1O. The van der Waals surface area contributed by atoms with Crippen LogP contribution in [-0.4, -0.2) is 13.2 Å². The van der Waals surface area contributed by atoms with E-state index in [1.54, 1.807) is 0 Å². The van der Waals surface area contributed by atoms with Gasteiger partial charge in [-0.05, 0) is 17.2 Å². The summed E-state index contributed by atoms with van der Waals surface area (Å²) in [6.07, 6.45) is 7.57. The average Bonchev–Trinajstić information content (AvgIpc) is 3.03. The monoisotopic (exact) mass is 292 g/mol. The highest BCUT2D eigenvalue weighted by Crippen LogP contribution is 2.32. The van der Waals surface area contributed by atoms with Crippen LogP contribution in [0.25, 0.3) is 11.1 Å². The molecule has 0 aliphatic heterocycles. The number of hydrogen-bond donors (Lipinski definition) is 1. The Bertz CT molecular complexity index is 712. The Balaban J connectivity index is 2.09. The number of phenolic OH excluding ortho intramolecular Hbond substituents is 1. The van der Waals surface area contributed by atoms with Crippen LogP contribution < -0.4 is 5.19 Å². The van der Waals surface area contributed by atoms with E-state index < -0.39 is 8.07 Å². The van der Waals surface area contributed by atoms with Crippen LogP contribution in [0.5, 0.6) is 5.75 Å². The van der Waals surface area contributed by atoms with Gasteiger partial charge in [0.25, 0.3) is 0 Å². The lowest BCUT2D eigenvalue weighted by Crippen LogP contribution is -2.43. The van der Waals surface area contributed by atoms with E-state index in [4.69, 9.17) is 0 Å². The fourth-order valence-electron chi connectivity index (χ4n) is 2.98. The lowest BCUT2D eigenvalue weighted by Gasteiger charge is -2.26. The van der Waals surface area contributed by atoms with Crippen LogP contribution >= 0.6 is 0 Å². The summed E-state index contributed by atoms with van der Waals surface area (Å²) in [6.45, 7) is 4.63. The van der Waals surface area contributed by atoms with Crippen LogP contribution in [0.3, 0.4) is 0 Å². The number of aromatic hydroxyl groups is 1. The minimum Gasteiger partial charge on any atom is -0.507 e. The normalized spacial score (nSPS) is 14.3. The topological polar surface area (TPSA) is 20.2 Å². The van der Waals surface area contributed by atoms with Crippen LogP contribution in [0.4, 0.5) is 0 Å². The summed E-state index contributed by atoms with van der Waals surface area (Å²) < 4.78 is 0.